The lowest BCUT2D eigenvalue weighted by molar-refractivity contribution is -0.125. The number of anilines is 1. The van der Waals surface area contributed by atoms with E-state index in [1.165, 1.54) is 38.3 Å². The second kappa shape index (κ2) is 13.7. The van der Waals surface area contributed by atoms with E-state index in [0.717, 1.165) is 44.9 Å². The Hall–Kier alpha value is -1.93. The van der Waals surface area contributed by atoms with Crippen LogP contribution in [0.4, 0.5) is 5.69 Å². The van der Waals surface area contributed by atoms with Gasteiger partial charge < -0.3 is 10.6 Å². The van der Waals surface area contributed by atoms with Crippen molar-refractivity contribution in [3.63, 3.8) is 0 Å². The Morgan fingerprint density at radius 2 is 1.48 bits per heavy atom. The summed E-state index contributed by atoms with van der Waals surface area (Å²) in [6.07, 6.45) is 10.2. The number of hydrogen-bond acceptors (Lipinski definition) is 4. The standard InChI is InChI=1S/C23H35N3O4S.2CH4/c1-18(27)25-20-12-14-22(15-13-20)31(29,30)26-16-8-7-11-21(26)17-24-23(28)19-9-5-3-2-4-6-10-19;;/h12-15,19,21H,2-11,16-17H2,1H3,(H,24,28)(H,25,27);2*1H4. The van der Waals surface area contributed by atoms with Crippen LogP contribution in [0.2, 0.25) is 0 Å². The first kappa shape index (κ1) is 29.1. The Morgan fingerprint density at radius 1 is 0.909 bits per heavy atom. The van der Waals surface area contributed by atoms with Crippen LogP contribution in [0.5, 0.6) is 0 Å². The van der Waals surface area contributed by atoms with Gasteiger partial charge in [-0.3, -0.25) is 9.59 Å². The van der Waals surface area contributed by atoms with Crippen LogP contribution in [0, 0.1) is 5.92 Å². The molecule has 8 heteroatoms. The molecular formula is C25H43N3O4S. The van der Waals surface area contributed by atoms with Gasteiger partial charge in [0.25, 0.3) is 0 Å². The summed E-state index contributed by atoms with van der Waals surface area (Å²) >= 11 is 0. The summed E-state index contributed by atoms with van der Waals surface area (Å²) in [5.74, 6) is -0.0773. The van der Waals surface area contributed by atoms with E-state index in [1.54, 1.807) is 16.4 Å². The first-order chi connectivity index (χ1) is 14.9. The van der Waals surface area contributed by atoms with Crippen molar-refractivity contribution < 1.29 is 18.0 Å². The fraction of sp³-hybridized carbons (Fsp3) is 0.680. The number of sulfonamides is 1. The van der Waals surface area contributed by atoms with E-state index in [0.29, 0.717) is 18.8 Å². The molecule has 1 aliphatic heterocycles. The maximum atomic E-state index is 13.3. The van der Waals surface area contributed by atoms with E-state index < -0.39 is 10.0 Å². The number of nitrogens with zero attached hydrogens (tertiary/aromatic N) is 1. The van der Waals surface area contributed by atoms with Crippen LogP contribution in [0.25, 0.3) is 0 Å². The Kier molecular flexibility index (Phi) is 12.1. The molecule has 2 fully saturated rings. The van der Waals surface area contributed by atoms with Gasteiger partial charge in [0.2, 0.25) is 21.8 Å². The summed E-state index contributed by atoms with van der Waals surface area (Å²) in [6.45, 7) is 2.23. The van der Waals surface area contributed by atoms with Crippen LogP contribution in [0.1, 0.15) is 86.0 Å². The average molecular weight is 482 g/mol. The first-order valence-electron chi connectivity index (χ1n) is 11.5. The number of nitrogens with one attached hydrogen (secondary N) is 2. The third-order valence-electron chi connectivity index (χ3n) is 6.34. The minimum Gasteiger partial charge on any atom is -0.354 e. The van der Waals surface area contributed by atoms with E-state index in [4.69, 9.17) is 0 Å². The lowest BCUT2D eigenvalue weighted by Gasteiger charge is -2.35. The van der Waals surface area contributed by atoms with Crippen molar-refractivity contribution >= 4 is 27.5 Å². The molecule has 3 rings (SSSR count). The molecule has 0 spiro atoms. The molecule has 7 nitrogen and oxygen atoms in total. The molecular weight excluding hydrogens is 438 g/mol. The third-order valence-corrected chi connectivity index (χ3v) is 8.31. The second-order valence-electron chi connectivity index (χ2n) is 8.76. The van der Waals surface area contributed by atoms with Gasteiger partial charge in [-0.05, 0) is 49.9 Å². The highest BCUT2D eigenvalue weighted by Crippen LogP contribution is 2.27. The number of rotatable bonds is 6. The number of benzene rings is 1. The van der Waals surface area contributed by atoms with E-state index in [2.05, 4.69) is 10.6 Å². The highest BCUT2D eigenvalue weighted by molar-refractivity contribution is 7.89. The maximum Gasteiger partial charge on any atom is 0.243 e. The van der Waals surface area contributed by atoms with Crippen LogP contribution >= 0.6 is 0 Å². The topological polar surface area (TPSA) is 95.6 Å². The minimum absolute atomic E-state index is 0. The number of piperidine rings is 1. The summed E-state index contributed by atoms with van der Waals surface area (Å²) in [6, 6.07) is 6.03. The number of carbonyl (C=O) groups is 2. The molecule has 2 amide bonds. The van der Waals surface area contributed by atoms with Gasteiger partial charge >= 0.3 is 0 Å². The van der Waals surface area contributed by atoms with Gasteiger partial charge in [-0.25, -0.2) is 8.42 Å². The highest BCUT2D eigenvalue weighted by atomic mass is 32.2. The van der Waals surface area contributed by atoms with Crippen molar-refractivity contribution in [3.05, 3.63) is 24.3 Å². The Labute approximate surface area is 200 Å². The molecule has 1 saturated heterocycles. The molecule has 1 aromatic carbocycles. The van der Waals surface area contributed by atoms with Crippen molar-refractivity contribution in [2.24, 2.45) is 5.92 Å². The smallest absolute Gasteiger partial charge is 0.243 e. The molecule has 1 atom stereocenters. The quantitative estimate of drug-likeness (QED) is 0.602. The summed E-state index contributed by atoms with van der Waals surface area (Å²) in [5, 5.41) is 5.71. The normalized spacial score (nSPS) is 20.3. The zero-order valence-electron chi connectivity index (χ0n) is 18.4. The molecule has 188 valence electrons. The van der Waals surface area contributed by atoms with Gasteiger partial charge in [0, 0.05) is 37.7 Å². The first-order valence-corrected chi connectivity index (χ1v) is 13.0. The third kappa shape index (κ3) is 8.10. The van der Waals surface area contributed by atoms with Crippen molar-refractivity contribution in [2.75, 3.05) is 18.4 Å². The predicted octanol–water partition coefficient (Wildman–Crippen LogP) is 4.94. The van der Waals surface area contributed by atoms with Crippen LogP contribution < -0.4 is 10.6 Å². The average Bonchev–Trinajstić information content (AvgIpc) is 2.72. The molecule has 1 heterocycles. The van der Waals surface area contributed by atoms with Crippen molar-refractivity contribution in [1.29, 1.82) is 0 Å². The van der Waals surface area contributed by atoms with Crippen LogP contribution in [0.15, 0.2) is 29.2 Å². The highest BCUT2D eigenvalue weighted by Gasteiger charge is 2.34. The van der Waals surface area contributed by atoms with E-state index in [1.807, 2.05) is 0 Å². The molecule has 1 aliphatic carbocycles. The molecule has 33 heavy (non-hydrogen) atoms. The summed E-state index contributed by atoms with van der Waals surface area (Å²) in [4.78, 5) is 24.1. The lowest BCUT2D eigenvalue weighted by atomic mass is 9.90. The van der Waals surface area contributed by atoms with Gasteiger partial charge in [-0.15, -0.1) is 0 Å². The van der Waals surface area contributed by atoms with Crippen molar-refractivity contribution in [3.8, 4) is 0 Å². The number of amides is 2. The fourth-order valence-electron chi connectivity index (χ4n) is 4.62. The van der Waals surface area contributed by atoms with E-state index in [-0.39, 0.29) is 43.5 Å². The van der Waals surface area contributed by atoms with E-state index >= 15 is 0 Å². The molecule has 1 saturated carbocycles. The van der Waals surface area contributed by atoms with Gasteiger partial charge in [-0.2, -0.15) is 4.31 Å². The zero-order valence-corrected chi connectivity index (χ0v) is 19.3. The van der Waals surface area contributed by atoms with Gasteiger partial charge in [-0.1, -0.05) is 53.4 Å². The van der Waals surface area contributed by atoms with Gasteiger partial charge in [0.1, 0.15) is 0 Å². The fourth-order valence-corrected chi connectivity index (χ4v) is 6.32. The van der Waals surface area contributed by atoms with Crippen LogP contribution in [-0.4, -0.2) is 43.7 Å². The van der Waals surface area contributed by atoms with Crippen molar-refractivity contribution in [2.45, 2.75) is 96.9 Å². The molecule has 1 unspecified atom stereocenters. The number of carbonyl (C=O) groups excluding carboxylic acids is 2. The van der Waals surface area contributed by atoms with Gasteiger partial charge in [0.05, 0.1) is 4.90 Å². The number of hydrogen-bond donors (Lipinski definition) is 2. The second-order valence-corrected chi connectivity index (χ2v) is 10.6. The lowest BCUT2D eigenvalue weighted by Crippen LogP contribution is -2.50. The molecule has 1 aromatic rings. The zero-order chi connectivity index (χ0) is 22.3. The Bertz CT molecular complexity index is 847. The molecule has 0 radical (unpaired) electrons. The summed E-state index contributed by atoms with van der Waals surface area (Å²) in [7, 11) is -3.67. The SMILES string of the molecule is C.C.CC(=O)Nc1ccc(S(=O)(=O)N2CCCCC2CNC(=O)C2CCCCCCC2)cc1. The molecule has 0 bridgehead atoms. The minimum atomic E-state index is -3.67. The molecule has 2 aliphatic rings. The van der Waals surface area contributed by atoms with Crippen molar-refractivity contribution in [1.82, 2.24) is 9.62 Å². The van der Waals surface area contributed by atoms with Crippen LogP contribution in [0.3, 0.4) is 0 Å². The van der Waals surface area contributed by atoms with Gasteiger partial charge in [0.15, 0.2) is 0 Å². The summed E-state index contributed by atoms with van der Waals surface area (Å²) < 4.78 is 28.1. The summed E-state index contributed by atoms with van der Waals surface area (Å²) in [5.41, 5.74) is 0.563. The Balaban J connectivity index is 0.00000272. The molecule has 2 N–H and O–H groups in total. The maximum absolute atomic E-state index is 13.3. The Morgan fingerprint density at radius 3 is 2.09 bits per heavy atom. The predicted molar refractivity (Wildman–Crippen MR) is 135 cm³/mol. The van der Waals surface area contributed by atoms with Crippen LogP contribution in [-0.2, 0) is 19.6 Å². The molecule has 0 aromatic heterocycles. The van der Waals surface area contributed by atoms with E-state index in [9.17, 15) is 18.0 Å². The largest absolute Gasteiger partial charge is 0.354 e. The monoisotopic (exact) mass is 481 g/mol.